The summed E-state index contributed by atoms with van der Waals surface area (Å²) < 4.78 is 8.54. The zero-order valence-electron chi connectivity index (χ0n) is 11.7. The van der Waals surface area contributed by atoms with Gasteiger partial charge in [0.2, 0.25) is 0 Å². The van der Waals surface area contributed by atoms with Crippen molar-refractivity contribution in [2.24, 2.45) is 0 Å². The van der Waals surface area contributed by atoms with Gasteiger partial charge in [-0.3, -0.25) is 9.13 Å². The Kier molecular flexibility index (Phi) is 3.29. The Hall–Kier alpha value is -2.50. The van der Waals surface area contributed by atoms with Crippen molar-refractivity contribution in [2.75, 3.05) is 7.11 Å². The van der Waals surface area contributed by atoms with Gasteiger partial charge in [0.15, 0.2) is 0 Å². The molecule has 1 heterocycles. The number of aromatic carboxylic acids is 1. The minimum absolute atomic E-state index is 0.0692. The zero-order valence-corrected chi connectivity index (χ0v) is 11.7. The topological polar surface area (TPSA) is 73.5 Å². The number of imidazole rings is 1. The Balaban J connectivity index is 1.94. The van der Waals surface area contributed by atoms with Crippen molar-refractivity contribution in [1.82, 2.24) is 9.13 Å². The van der Waals surface area contributed by atoms with E-state index >= 15 is 0 Å². The van der Waals surface area contributed by atoms with Crippen LogP contribution in [0.3, 0.4) is 0 Å². The minimum Gasteiger partial charge on any atom is -0.496 e. The molecule has 1 saturated carbocycles. The molecule has 2 aromatic rings. The predicted molar refractivity (Wildman–Crippen MR) is 76.0 cm³/mol. The van der Waals surface area contributed by atoms with Crippen LogP contribution in [0.5, 0.6) is 5.75 Å². The highest BCUT2D eigenvalue weighted by Crippen LogP contribution is 2.33. The van der Waals surface area contributed by atoms with Crippen LogP contribution in [0.25, 0.3) is 0 Å². The molecule has 21 heavy (non-hydrogen) atoms. The van der Waals surface area contributed by atoms with E-state index in [1.165, 1.54) is 13.2 Å². The number of carboxylic acids is 1. The third-order valence-corrected chi connectivity index (χ3v) is 3.68. The van der Waals surface area contributed by atoms with Crippen LogP contribution in [-0.4, -0.2) is 27.3 Å². The molecule has 0 atom stereocenters. The van der Waals surface area contributed by atoms with E-state index in [4.69, 9.17) is 9.84 Å². The van der Waals surface area contributed by atoms with Crippen LogP contribution in [0.1, 0.15) is 34.8 Å². The molecular weight excluding hydrogens is 272 g/mol. The second-order valence-corrected chi connectivity index (χ2v) is 5.18. The van der Waals surface area contributed by atoms with Crippen molar-refractivity contribution in [1.29, 1.82) is 0 Å². The first-order valence-corrected chi connectivity index (χ1v) is 6.77. The molecule has 0 aliphatic heterocycles. The van der Waals surface area contributed by atoms with Gasteiger partial charge >= 0.3 is 11.7 Å². The number of hydrogen-bond donors (Lipinski definition) is 1. The van der Waals surface area contributed by atoms with E-state index in [9.17, 15) is 9.59 Å². The standard InChI is InChI=1S/C15H16N2O4/c1-21-13-5-2-10(14(18)19)8-11(13)9-16-6-7-17(15(16)20)12-3-4-12/h2,5-8,12H,3-4,9H2,1H3,(H,18,19). The van der Waals surface area contributed by atoms with Crippen LogP contribution < -0.4 is 10.4 Å². The lowest BCUT2D eigenvalue weighted by atomic mass is 10.1. The molecule has 110 valence electrons. The highest BCUT2D eigenvalue weighted by molar-refractivity contribution is 5.88. The van der Waals surface area contributed by atoms with Gasteiger partial charge in [0.25, 0.3) is 0 Å². The molecule has 3 rings (SSSR count). The lowest BCUT2D eigenvalue weighted by molar-refractivity contribution is 0.0696. The van der Waals surface area contributed by atoms with Gasteiger partial charge in [-0.05, 0) is 31.0 Å². The number of carboxylic acid groups (broad SMARTS) is 1. The summed E-state index contributed by atoms with van der Waals surface area (Å²) in [6.45, 7) is 0.294. The van der Waals surface area contributed by atoms with Crippen molar-refractivity contribution in [2.45, 2.75) is 25.4 Å². The summed E-state index contributed by atoms with van der Waals surface area (Å²) in [6.07, 6.45) is 5.60. The maximum atomic E-state index is 12.2. The fourth-order valence-corrected chi connectivity index (χ4v) is 2.40. The quantitative estimate of drug-likeness (QED) is 0.909. The van der Waals surface area contributed by atoms with Crippen molar-refractivity contribution in [3.8, 4) is 5.75 Å². The molecule has 6 nitrogen and oxygen atoms in total. The first kappa shape index (κ1) is 13.5. The van der Waals surface area contributed by atoms with Crippen LogP contribution >= 0.6 is 0 Å². The Morgan fingerprint density at radius 2 is 2.14 bits per heavy atom. The molecule has 0 unspecified atom stereocenters. The molecule has 0 saturated heterocycles. The molecule has 0 spiro atoms. The van der Waals surface area contributed by atoms with Crippen LogP contribution in [-0.2, 0) is 6.54 Å². The van der Waals surface area contributed by atoms with E-state index in [2.05, 4.69) is 0 Å². The van der Waals surface area contributed by atoms with E-state index in [1.807, 2.05) is 0 Å². The lowest BCUT2D eigenvalue weighted by Crippen LogP contribution is -2.24. The number of nitrogens with zero attached hydrogens (tertiary/aromatic N) is 2. The Morgan fingerprint density at radius 3 is 2.76 bits per heavy atom. The Morgan fingerprint density at radius 1 is 1.38 bits per heavy atom. The maximum Gasteiger partial charge on any atom is 0.335 e. The summed E-state index contributed by atoms with van der Waals surface area (Å²) in [4.78, 5) is 23.3. The molecule has 1 aromatic carbocycles. The highest BCUT2D eigenvalue weighted by atomic mass is 16.5. The molecule has 1 fully saturated rings. The number of carbonyl (C=O) groups is 1. The van der Waals surface area contributed by atoms with E-state index < -0.39 is 5.97 Å². The van der Waals surface area contributed by atoms with Crippen molar-refractivity contribution >= 4 is 5.97 Å². The normalized spacial score (nSPS) is 14.1. The Bertz CT molecular complexity index is 740. The zero-order chi connectivity index (χ0) is 15.0. The summed E-state index contributed by atoms with van der Waals surface area (Å²) in [7, 11) is 1.53. The second-order valence-electron chi connectivity index (χ2n) is 5.18. The van der Waals surface area contributed by atoms with Gasteiger partial charge in [-0.25, -0.2) is 9.59 Å². The summed E-state index contributed by atoms with van der Waals surface area (Å²) in [5.41, 5.74) is 0.786. The smallest absolute Gasteiger partial charge is 0.335 e. The molecule has 1 aliphatic carbocycles. The molecule has 0 amide bonds. The van der Waals surface area contributed by atoms with Crippen molar-refractivity contribution in [3.63, 3.8) is 0 Å². The first-order chi connectivity index (χ1) is 10.1. The van der Waals surface area contributed by atoms with Crippen molar-refractivity contribution in [3.05, 3.63) is 52.2 Å². The van der Waals surface area contributed by atoms with E-state index in [0.29, 0.717) is 23.9 Å². The fourth-order valence-electron chi connectivity index (χ4n) is 2.40. The Labute approximate surface area is 121 Å². The van der Waals surface area contributed by atoms with Gasteiger partial charge in [0, 0.05) is 24.0 Å². The third-order valence-electron chi connectivity index (χ3n) is 3.68. The summed E-state index contributed by atoms with van der Waals surface area (Å²) >= 11 is 0. The molecule has 0 radical (unpaired) electrons. The average Bonchev–Trinajstić information content (AvgIpc) is 3.25. The molecule has 6 heteroatoms. The number of aromatic nitrogens is 2. The van der Waals surface area contributed by atoms with E-state index in [1.54, 1.807) is 33.7 Å². The van der Waals surface area contributed by atoms with Crippen molar-refractivity contribution < 1.29 is 14.6 Å². The molecule has 0 bridgehead atoms. The summed E-state index contributed by atoms with van der Waals surface area (Å²) in [5.74, 6) is -0.423. The second kappa shape index (κ2) is 5.12. The SMILES string of the molecule is COc1ccc(C(=O)O)cc1Cn1ccn(C2CC2)c1=O. The molecule has 1 N–H and O–H groups in total. The number of benzene rings is 1. The van der Waals surface area contributed by atoms with Gasteiger partial charge in [-0.1, -0.05) is 0 Å². The number of ether oxygens (including phenoxy) is 1. The van der Waals surface area contributed by atoms with Gasteiger partial charge < -0.3 is 9.84 Å². The number of hydrogen-bond acceptors (Lipinski definition) is 3. The minimum atomic E-state index is -0.998. The number of methoxy groups -OCH3 is 1. The summed E-state index contributed by atoms with van der Waals surface area (Å²) in [6, 6.07) is 4.97. The van der Waals surface area contributed by atoms with Gasteiger partial charge in [0.05, 0.1) is 19.2 Å². The largest absolute Gasteiger partial charge is 0.496 e. The third kappa shape index (κ3) is 2.56. The predicted octanol–water partition coefficient (Wildman–Crippen LogP) is 1.74. The molecule has 1 aliphatic rings. The monoisotopic (exact) mass is 288 g/mol. The highest BCUT2D eigenvalue weighted by Gasteiger charge is 2.25. The number of rotatable bonds is 5. The van der Waals surface area contributed by atoms with Gasteiger partial charge in [-0.15, -0.1) is 0 Å². The molecular formula is C15H16N2O4. The lowest BCUT2D eigenvalue weighted by Gasteiger charge is -2.09. The van der Waals surface area contributed by atoms with Gasteiger partial charge in [0.1, 0.15) is 5.75 Å². The van der Waals surface area contributed by atoms with Gasteiger partial charge in [-0.2, -0.15) is 0 Å². The molecule has 1 aromatic heterocycles. The van der Waals surface area contributed by atoms with Crippen LogP contribution in [0.15, 0.2) is 35.4 Å². The van der Waals surface area contributed by atoms with Crippen LogP contribution in [0.2, 0.25) is 0 Å². The van der Waals surface area contributed by atoms with E-state index in [0.717, 1.165) is 12.8 Å². The fraction of sp³-hybridized carbons (Fsp3) is 0.333. The maximum absolute atomic E-state index is 12.2. The first-order valence-electron chi connectivity index (χ1n) is 6.77. The van der Waals surface area contributed by atoms with Crippen LogP contribution in [0.4, 0.5) is 0 Å². The average molecular weight is 288 g/mol. The van der Waals surface area contributed by atoms with Crippen LogP contribution in [0, 0.1) is 0 Å². The van der Waals surface area contributed by atoms with E-state index in [-0.39, 0.29) is 11.3 Å². The summed E-state index contributed by atoms with van der Waals surface area (Å²) in [5, 5.41) is 9.07.